The van der Waals surface area contributed by atoms with Gasteiger partial charge in [0.15, 0.2) is 5.54 Å². The first kappa shape index (κ1) is 14.3. The fourth-order valence-electron chi connectivity index (χ4n) is 2.30. The molecule has 3 rings (SSSR count). The molecule has 0 aromatic carbocycles. The van der Waals surface area contributed by atoms with Crippen LogP contribution in [0.25, 0.3) is 0 Å². The van der Waals surface area contributed by atoms with Gasteiger partial charge >= 0.3 is 12.0 Å². The van der Waals surface area contributed by atoms with E-state index in [0.29, 0.717) is 0 Å². The molecule has 1 saturated heterocycles. The van der Waals surface area contributed by atoms with Crippen molar-refractivity contribution in [1.29, 1.82) is 0 Å². The van der Waals surface area contributed by atoms with E-state index in [9.17, 15) is 14.4 Å². The number of carbonyl (C=O) groups excluding carboxylic acids is 2. The highest BCUT2D eigenvalue weighted by Crippen LogP contribution is 2.32. The number of amides is 3. The summed E-state index contributed by atoms with van der Waals surface area (Å²) < 4.78 is 5.09. The number of carbonyl (C=O) groups is 3. The first-order valence-electron chi connectivity index (χ1n) is 6.42. The minimum atomic E-state index is -1.20. The highest BCUT2D eigenvalue weighted by molar-refractivity contribution is 7.10. The quantitative estimate of drug-likeness (QED) is 0.839. The molecule has 2 N–H and O–H groups in total. The Balaban J connectivity index is 1.84. The third-order valence-electron chi connectivity index (χ3n) is 3.48. The number of nitrogens with one attached hydrogen (secondary N) is 1. The van der Waals surface area contributed by atoms with Gasteiger partial charge in [-0.3, -0.25) is 9.69 Å². The number of rotatable bonds is 4. The molecule has 1 atom stereocenters. The number of hydrogen-bond donors (Lipinski definition) is 2. The Morgan fingerprint density at radius 2 is 2.18 bits per heavy atom. The Labute approximate surface area is 129 Å². The second-order valence-corrected chi connectivity index (χ2v) is 5.94. The van der Waals surface area contributed by atoms with Crippen LogP contribution < -0.4 is 5.32 Å². The molecule has 0 aliphatic carbocycles. The first-order chi connectivity index (χ1) is 10.4. The van der Waals surface area contributed by atoms with Crippen molar-refractivity contribution in [2.45, 2.75) is 19.0 Å². The van der Waals surface area contributed by atoms with Gasteiger partial charge in [-0.15, -0.1) is 11.3 Å². The molecule has 7 nitrogen and oxygen atoms in total. The molecule has 0 saturated carbocycles. The molecule has 22 heavy (non-hydrogen) atoms. The lowest BCUT2D eigenvalue weighted by Crippen LogP contribution is -2.40. The van der Waals surface area contributed by atoms with E-state index in [1.165, 1.54) is 23.5 Å². The molecular formula is C14H12N2O5S. The zero-order valence-corrected chi connectivity index (χ0v) is 12.3. The van der Waals surface area contributed by atoms with Crippen LogP contribution in [0, 0.1) is 0 Å². The summed E-state index contributed by atoms with van der Waals surface area (Å²) in [6, 6.07) is 5.77. The van der Waals surface area contributed by atoms with Gasteiger partial charge in [0.2, 0.25) is 5.76 Å². The summed E-state index contributed by atoms with van der Waals surface area (Å²) in [5.41, 5.74) is -1.10. The molecule has 114 valence electrons. The minimum absolute atomic E-state index is 0.112. The molecule has 1 fully saturated rings. The first-order valence-corrected chi connectivity index (χ1v) is 7.30. The SMILES string of the molecule is CC1(c2cccs2)NC(=O)N(Cc2ccc(C(=O)O)o2)C1=O. The van der Waals surface area contributed by atoms with Crippen molar-refractivity contribution in [3.8, 4) is 0 Å². The summed E-state index contributed by atoms with van der Waals surface area (Å²) in [6.45, 7) is 1.53. The zero-order chi connectivity index (χ0) is 15.9. The van der Waals surface area contributed by atoms with Crippen molar-refractivity contribution < 1.29 is 23.9 Å². The van der Waals surface area contributed by atoms with Gasteiger partial charge in [-0.2, -0.15) is 0 Å². The Bertz CT molecular complexity index is 751. The topological polar surface area (TPSA) is 99.8 Å². The highest BCUT2D eigenvalue weighted by Gasteiger charge is 2.49. The van der Waals surface area contributed by atoms with Crippen molar-refractivity contribution in [3.05, 3.63) is 46.0 Å². The lowest BCUT2D eigenvalue weighted by atomic mass is 10.0. The molecule has 2 aromatic heterocycles. The number of thiophene rings is 1. The molecule has 0 bridgehead atoms. The Hall–Kier alpha value is -2.61. The van der Waals surface area contributed by atoms with Gasteiger partial charge < -0.3 is 14.8 Å². The highest BCUT2D eigenvalue weighted by atomic mass is 32.1. The molecule has 3 amide bonds. The maximum Gasteiger partial charge on any atom is 0.371 e. The summed E-state index contributed by atoms with van der Waals surface area (Å²) in [5, 5.41) is 13.3. The number of hydrogen-bond acceptors (Lipinski definition) is 5. The van der Waals surface area contributed by atoms with Crippen molar-refractivity contribution in [3.63, 3.8) is 0 Å². The van der Waals surface area contributed by atoms with E-state index in [0.717, 1.165) is 9.78 Å². The lowest BCUT2D eigenvalue weighted by molar-refractivity contribution is -0.131. The van der Waals surface area contributed by atoms with Gasteiger partial charge in [0, 0.05) is 4.88 Å². The number of imide groups is 1. The van der Waals surface area contributed by atoms with Gasteiger partial charge in [-0.1, -0.05) is 6.07 Å². The minimum Gasteiger partial charge on any atom is -0.475 e. The van der Waals surface area contributed by atoms with E-state index < -0.39 is 23.4 Å². The van der Waals surface area contributed by atoms with Crippen LogP contribution in [0.2, 0.25) is 0 Å². The standard InChI is InChI=1S/C14H12N2O5S/c1-14(10-3-2-6-22-10)12(19)16(13(20)15-14)7-8-4-5-9(21-8)11(17)18/h2-6H,7H2,1H3,(H,15,20)(H,17,18). The third kappa shape index (κ3) is 2.17. The molecule has 0 spiro atoms. The molecule has 2 aromatic rings. The second kappa shape index (κ2) is 4.99. The largest absolute Gasteiger partial charge is 0.475 e. The van der Waals surface area contributed by atoms with Crippen molar-refractivity contribution in [2.24, 2.45) is 0 Å². The van der Waals surface area contributed by atoms with Crippen LogP contribution in [0.1, 0.15) is 28.1 Å². The normalized spacial score (nSPS) is 21.2. The number of urea groups is 1. The van der Waals surface area contributed by atoms with Crippen LogP contribution in [0.15, 0.2) is 34.1 Å². The number of carboxylic acids is 1. The van der Waals surface area contributed by atoms with Gasteiger partial charge in [0.25, 0.3) is 5.91 Å². The predicted octanol–water partition coefficient (Wildman–Crippen LogP) is 2.01. The van der Waals surface area contributed by atoms with Crippen molar-refractivity contribution in [1.82, 2.24) is 10.2 Å². The van der Waals surface area contributed by atoms with Crippen LogP contribution in [-0.4, -0.2) is 27.9 Å². The van der Waals surface area contributed by atoms with Crippen LogP contribution in [-0.2, 0) is 16.9 Å². The number of aromatic carboxylic acids is 1. The summed E-state index contributed by atoms with van der Waals surface area (Å²) in [7, 11) is 0. The number of nitrogens with zero attached hydrogens (tertiary/aromatic N) is 1. The summed E-state index contributed by atoms with van der Waals surface area (Å²) in [5.74, 6) is -1.60. The number of carboxylic acid groups (broad SMARTS) is 1. The maximum atomic E-state index is 12.6. The van der Waals surface area contributed by atoms with Gasteiger partial charge in [0.1, 0.15) is 5.76 Å². The van der Waals surface area contributed by atoms with E-state index in [-0.39, 0.29) is 18.1 Å². The van der Waals surface area contributed by atoms with Crippen LogP contribution in [0.4, 0.5) is 4.79 Å². The maximum absolute atomic E-state index is 12.6. The molecule has 8 heteroatoms. The Morgan fingerprint density at radius 3 is 2.77 bits per heavy atom. The Morgan fingerprint density at radius 1 is 1.41 bits per heavy atom. The number of furan rings is 1. The molecule has 3 heterocycles. The van der Waals surface area contributed by atoms with Crippen LogP contribution >= 0.6 is 11.3 Å². The third-order valence-corrected chi connectivity index (χ3v) is 4.57. The summed E-state index contributed by atoms with van der Waals surface area (Å²) >= 11 is 1.38. The summed E-state index contributed by atoms with van der Waals surface area (Å²) in [4.78, 5) is 37.2. The molecule has 1 aliphatic heterocycles. The molecule has 1 unspecified atom stereocenters. The average molecular weight is 320 g/mol. The fourth-order valence-corrected chi connectivity index (χ4v) is 3.14. The van der Waals surface area contributed by atoms with Crippen LogP contribution in [0.3, 0.4) is 0 Å². The zero-order valence-electron chi connectivity index (χ0n) is 11.5. The van der Waals surface area contributed by atoms with Crippen LogP contribution in [0.5, 0.6) is 0 Å². The fraction of sp³-hybridized carbons (Fsp3) is 0.214. The van der Waals surface area contributed by atoms with Gasteiger partial charge in [-0.25, -0.2) is 9.59 Å². The van der Waals surface area contributed by atoms with E-state index in [1.807, 2.05) is 5.38 Å². The lowest BCUT2D eigenvalue weighted by Gasteiger charge is -2.19. The molecule has 0 radical (unpaired) electrons. The predicted molar refractivity (Wildman–Crippen MR) is 76.4 cm³/mol. The monoisotopic (exact) mass is 320 g/mol. The second-order valence-electron chi connectivity index (χ2n) is 4.99. The summed E-state index contributed by atoms with van der Waals surface area (Å²) in [6.07, 6.45) is 0. The van der Waals surface area contributed by atoms with Gasteiger partial charge in [0.05, 0.1) is 6.54 Å². The molecule has 1 aliphatic rings. The smallest absolute Gasteiger partial charge is 0.371 e. The van der Waals surface area contributed by atoms with E-state index in [4.69, 9.17) is 9.52 Å². The van der Waals surface area contributed by atoms with E-state index in [2.05, 4.69) is 5.32 Å². The average Bonchev–Trinajstić information content (AvgIpc) is 3.17. The van der Waals surface area contributed by atoms with Gasteiger partial charge in [-0.05, 0) is 30.5 Å². The van der Waals surface area contributed by atoms with E-state index >= 15 is 0 Å². The Kier molecular flexibility index (Phi) is 3.25. The van der Waals surface area contributed by atoms with Crippen molar-refractivity contribution >= 4 is 29.2 Å². The van der Waals surface area contributed by atoms with E-state index in [1.54, 1.807) is 19.1 Å². The molecular weight excluding hydrogens is 308 g/mol. The van der Waals surface area contributed by atoms with Crippen molar-refractivity contribution in [2.75, 3.05) is 0 Å².